The third-order valence-corrected chi connectivity index (χ3v) is 3.67. The van der Waals surface area contributed by atoms with E-state index in [-0.39, 0.29) is 5.91 Å². The predicted octanol–water partition coefficient (Wildman–Crippen LogP) is 3.20. The van der Waals surface area contributed by atoms with Crippen LogP contribution in [0.1, 0.15) is 27.2 Å². The zero-order valence-electron chi connectivity index (χ0n) is 12.4. The molecule has 0 aliphatic carbocycles. The number of fused-ring (bicyclic) bond motifs is 1. The van der Waals surface area contributed by atoms with Gasteiger partial charge in [-0.05, 0) is 48.7 Å². The Bertz CT molecular complexity index is 879. The smallest absolute Gasteiger partial charge is 0.274 e. The van der Waals surface area contributed by atoms with Crippen molar-refractivity contribution in [2.24, 2.45) is 0 Å². The number of imidazole rings is 1. The Morgan fingerprint density at radius 3 is 2.86 bits per heavy atom. The van der Waals surface area contributed by atoms with E-state index in [4.69, 9.17) is 5.41 Å². The standard InChI is InChI=1S/C17H16N4O/c1-11-7-12(2)14(8-13(11)9-18)20-17(22)15-10-19-16-5-3-4-6-21(15)16/h3-10,18H,1-2H3,(H,20,22). The van der Waals surface area contributed by atoms with Crippen molar-refractivity contribution in [1.29, 1.82) is 5.41 Å². The molecule has 5 heteroatoms. The van der Waals surface area contributed by atoms with Gasteiger partial charge in [-0.2, -0.15) is 0 Å². The molecule has 3 rings (SSSR count). The second kappa shape index (κ2) is 5.44. The molecular weight excluding hydrogens is 276 g/mol. The molecule has 1 amide bonds. The van der Waals surface area contributed by atoms with Gasteiger partial charge in [0.15, 0.2) is 0 Å². The number of aryl methyl sites for hydroxylation is 2. The Morgan fingerprint density at radius 1 is 1.27 bits per heavy atom. The number of carbonyl (C=O) groups is 1. The summed E-state index contributed by atoms with van der Waals surface area (Å²) in [6.45, 7) is 3.88. The summed E-state index contributed by atoms with van der Waals surface area (Å²) in [5.41, 5.74) is 4.69. The van der Waals surface area contributed by atoms with E-state index >= 15 is 0 Å². The number of amides is 1. The van der Waals surface area contributed by atoms with Gasteiger partial charge in [0.25, 0.3) is 5.91 Å². The van der Waals surface area contributed by atoms with Crippen LogP contribution in [-0.4, -0.2) is 21.5 Å². The highest BCUT2D eigenvalue weighted by molar-refractivity contribution is 6.04. The summed E-state index contributed by atoms with van der Waals surface area (Å²) in [5.74, 6) is -0.221. The first-order chi connectivity index (χ1) is 10.6. The maximum atomic E-state index is 12.5. The Balaban J connectivity index is 1.96. The molecule has 5 nitrogen and oxygen atoms in total. The summed E-state index contributed by atoms with van der Waals surface area (Å²) >= 11 is 0. The molecular formula is C17H16N4O. The lowest BCUT2D eigenvalue weighted by atomic mass is 10.0. The summed E-state index contributed by atoms with van der Waals surface area (Å²) in [5, 5.41) is 10.3. The number of pyridine rings is 1. The summed E-state index contributed by atoms with van der Waals surface area (Å²) < 4.78 is 1.75. The van der Waals surface area contributed by atoms with E-state index in [2.05, 4.69) is 10.3 Å². The van der Waals surface area contributed by atoms with Crippen molar-refractivity contribution in [1.82, 2.24) is 9.38 Å². The number of anilines is 1. The SMILES string of the molecule is Cc1cc(C)c(NC(=O)c2cnc3ccccn23)cc1C=N. The quantitative estimate of drug-likeness (QED) is 0.728. The van der Waals surface area contributed by atoms with Gasteiger partial charge in [0.1, 0.15) is 11.3 Å². The van der Waals surface area contributed by atoms with Crippen LogP contribution in [0, 0.1) is 19.3 Å². The number of benzene rings is 1. The molecule has 0 saturated carbocycles. The van der Waals surface area contributed by atoms with Gasteiger partial charge < -0.3 is 10.7 Å². The predicted molar refractivity (Wildman–Crippen MR) is 86.9 cm³/mol. The van der Waals surface area contributed by atoms with Crippen molar-refractivity contribution in [3.63, 3.8) is 0 Å². The van der Waals surface area contributed by atoms with Crippen LogP contribution in [0.25, 0.3) is 5.65 Å². The minimum absolute atomic E-state index is 0.221. The number of aromatic nitrogens is 2. The summed E-state index contributed by atoms with van der Waals surface area (Å²) in [6, 6.07) is 9.37. The molecule has 3 aromatic rings. The number of carbonyl (C=O) groups excluding carboxylic acids is 1. The fourth-order valence-corrected chi connectivity index (χ4v) is 2.45. The van der Waals surface area contributed by atoms with Crippen LogP contribution in [-0.2, 0) is 0 Å². The lowest BCUT2D eigenvalue weighted by Crippen LogP contribution is -2.15. The largest absolute Gasteiger partial charge is 0.320 e. The monoisotopic (exact) mass is 292 g/mol. The maximum absolute atomic E-state index is 12.5. The summed E-state index contributed by atoms with van der Waals surface area (Å²) in [4.78, 5) is 16.7. The topological polar surface area (TPSA) is 70.2 Å². The van der Waals surface area contributed by atoms with Crippen molar-refractivity contribution in [2.75, 3.05) is 5.32 Å². The zero-order chi connectivity index (χ0) is 15.7. The first-order valence-electron chi connectivity index (χ1n) is 6.95. The minimum atomic E-state index is -0.221. The third kappa shape index (κ3) is 2.37. The van der Waals surface area contributed by atoms with Gasteiger partial charge in [0, 0.05) is 18.1 Å². The molecule has 0 spiro atoms. The molecule has 2 N–H and O–H groups in total. The minimum Gasteiger partial charge on any atom is -0.320 e. The number of hydrogen-bond acceptors (Lipinski definition) is 3. The Hall–Kier alpha value is -2.95. The van der Waals surface area contributed by atoms with Crippen LogP contribution >= 0.6 is 0 Å². The number of nitrogens with zero attached hydrogens (tertiary/aromatic N) is 2. The molecule has 0 fully saturated rings. The van der Waals surface area contributed by atoms with Crippen LogP contribution in [0.3, 0.4) is 0 Å². The van der Waals surface area contributed by atoms with Crippen LogP contribution in [0.2, 0.25) is 0 Å². The number of rotatable bonds is 3. The van der Waals surface area contributed by atoms with E-state index in [0.29, 0.717) is 11.4 Å². The van der Waals surface area contributed by atoms with E-state index < -0.39 is 0 Å². The molecule has 2 heterocycles. The fourth-order valence-electron chi connectivity index (χ4n) is 2.45. The van der Waals surface area contributed by atoms with E-state index in [0.717, 1.165) is 22.3 Å². The van der Waals surface area contributed by atoms with Crippen molar-refractivity contribution in [3.05, 3.63) is 65.1 Å². The Morgan fingerprint density at radius 2 is 2.09 bits per heavy atom. The van der Waals surface area contributed by atoms with Crippen LogP contribution in [0.5, 0.6) is 0 Å². The Labute approximate surface area is 128 Å². The molecule has 0 unspecified atom stereocenters. The van der Waals surface area contributed by atoms with Crippen molar-refractivity contribution in [3.8, 4) is 0 Å². The average molecular weight is 292 g/mol. The maximum Gasteiger partial charge on any atom is 0.274 e. The first-order valence-corrected chi connectivity index (χ1v) is 6.95. The number of hydrogen-bond donors (Lipinski definition) is 2. The molecule has 2 aromatic heterocycles. The Kier molecular flexibility index (Phi) is 3.47. The zero-order valence-corrected chi connectivity index (χ0v) is 12.4. The molecule has 1 aromatic carbocycles. The molecule has 0 aliphatic rings. The second-order valence-electron chi connectivity index (χ2n) is 5.19. The summed E-state index contributed by atoms with van der Waals surface area (Å²) in [6.07, 6.45) is 4.66. The van der Waals surface area contributed by atoms with Gasteiger partial charge in [-0.25, -0.2) is 4.98 Å². The lowest BCUT2D eigenvalue weighted by molar-refractivity contribution is 0.102. The molecule has 0 radical (unpaired) electrons. The fraction of sp³-hybridized carbons (Fsp3) is 0.118. The first kappa shape index (κ1) is 14.0. The van der Waals surface area contributed by atoms with Crippen molar-refractivity contribution >= 4 is 23.5 Å². The normalized spacial score (nSPS) is 10.6. The number of nitrogens with one attached hydrogen (secondary N) is 2. The molecule has 0 atom stereocenters. The summed E-state index contributed by atoms with van der Waals surface area (Å²) in [7, 11) is 0. The molecule has 110 valence electrons. The van der Waals surface area contributed by atoms with Crippen LogP contribution < -0.4 is 5.32 Å². The van der Waals surface area contributed by atoms with Gasteiger partial charge in [-0.3, -0.25) is 9.20 Å². The third-order valence-electron chi connectivity index (χ3n) is 3.67. The highest BCUT2D eigenvalue weighted by Crippen LogP contribution is 2.20. The average Bonchev–Trinajstić information content (AvgIpc) is 2.94. The molecule has 0 saturated heterocycles. The van der Waals surface area contributed by atoms with Gasteiger partial charge in [-0.15, -0.1) is 0 Å². The van der Waals surface area contributed by atoms with Gasteiger partial charge >= 0.3 is 0 Å². The highest BCUT2D eigenvalue weighted by atomic mass is 16.1. The highest BCUT2D eigenvalue weighted by Gasteiger charge is 2.13. The van der Waals surface area contributed by atoms with Crippen molar-refractivity contribution in [2.45, 2.75) is 13.8 Å². The van der Waals surface area contributed by atoms with Crippen molar-refractivity contribution < 1.29 is 4.79 Å². The van der Waals surface area contributed by atoms with Gasteiger partial charge in [0.2, 0.25) is 0 Å². The second-order valence-corrected chi connectivity index (χ2v) is 5.19. The molecule has 0 aliphatic heterocycles. The van der Waals surface area contributed by atoms with E-state index in [1.807, 2.05) is 50.4 Å². The van der Waals surface area contributed by atoms with Gasteiger partial charge in [-0.1, -0.05) is 12.1 Å². The van der Waals surface area contributed by atoms with Gasteiger partial charge in [0.05, 0.1) is 6.20 Å². The molecule has 0 bridgehead atoms. The molecule has 22 heavy (non-hydrogen) atoms. The lowest BCUT2D eigenvalue weighted by Gasteiger charge is -2.11. The van der Waals surface area contributed by atoms with E-state index in [9.17, 15) is 4.79 Å². The van der Waals surface area contributed by atoms with Crippen LogP contribution in [0.15, 0.2) is 42.7 Å². The van der Waals surface area contributed by atoms with Crippen LogP contribution in [0.4, 0.5) is 5.69 Å². The van der Waals surface area contributed by atoms with E-state index in [1.165, 1.54) is 6.21 Å². The van der Waals surface area contributed by atoms with E-state index in [1.54, 1.807) is 10.6 Å².